The summed E-state index contributed by atoms with van der Waals surface area (Å²) in [4.78, 5) is 0. The molecule has 5 aliphatic rings. The Morgan fingerprint density at radius 2 is 1.67 bits per heavy atom. The quantitative estimate of drug-likeness (QED) is 0.218. The van der Waals surface area contributed by atoms with Crippen molar-refractivity contribution in [3.63, 3.8) is 0 Å². The zero-order chi connectivity index (χ0) is 34.2. The highest BCUT2D eigenvalue weighted by Gasteiger charge is 2.49. The second kappa shape index (κ2) is 12.3. The third-order valence-corrected chi connectivity index (χ3v) is 14.6. The first kappa shape index (κ1) is 32.5. The number of benzene rings is 1. The molecular weight excluding hydrogens is 615 g/mol. The molecule has 0 saturated heterocycles. The van der Waals surface area contributed by atoms with Gasteiger partial charge in [-0.15, -0.1) is 0 Å². The molecule has 3 aliphatic heterocycles. The molecular formula is C44H55N3OSi+2. The highest BCUT2D eigenvalue weighted by molar-refractivity contribution is 6.89. The van der Waals surface area contributed by atoms with Gasteiger partial charge in [-0.1, -0.05) is 58.3 Å². The lowest BCUT2D eigenvalue weighted by Crippen LogP contribution is -2.57. The summed E-state index contributed by atoms with van der Waals surface area (Å²) in [7, 11) is -1.67. The van der Waals surface area contributed by atoms with Gasteiger partial charge in [0.25, 0.3) is 0 Å². The van der Waals surface area contributed by atoms with Crippen LogP contribution in [-0.4, -0.2) is 14.6 Å². The summed E-state index contributed by atoms with van der Waals surface area (Å²) >= 11 is 0. The van der Waals surface area contributed by atoms with Gasteiger partial charge in [0, 0.05) is 35.5 Å². The Hall–Kier alpha value is -3.70. The topological polar surface area (TPSA) is 29.0 Å². The maximum Gasteiger partial charge on any atom is 0.249 e. The van der Waals surface area contributed by atoms with Gasteiger partial charge in [0.05, 0.1) is 19.6 Å². The summed E-state index contributed by atoms with van der Waals surface area (Å²) in [5.74, 6) is 4.73. The number of rotatable bonds is 5. The molecule has 2 saturated carbocycles. The Kier molecular flexibility index (Phi) is 8.13. The third-order valence-electron chi connectivity index (χ3n) is 12.5. The Labute approximate surface area is 295 Å². The van der Waals surface area contributed by atoms with Crippen LogP contribution >= 0.6 is 0 Å². The molecule has 2 bridgehead atoms. The van der Waals surface area contributed by atoms with Crippen molar-refractivity contribution in [1.29, 1.82) is 0 Å². The second-order valence-electron chi connectivity index (χ2n) is 17.1. The van der Waals surface area contributed by atoms with Crippen molar-refractivity contribution in [3.05, 3.63) is 114 Å². The van der Waals surface area contributed by atoms with Crippen molar-refractivity contribution < 1.29 is 13.9 Å². The zero-order valence-corrected chi connectivity index (χ0v) is 31.4. The van der Waals surface area contributed by atoms with E-state index < -0.39 is 8.07 Å². The summed E-state index contributed by atoms with van der Waals surface area (Å²) in [5, 5.41) is 5.03. The maximum absolute atomic E-state index is 6.25. The summed E-state index contributed by atoms with van der Waals surface area (Å²) in [6.07, 6.45) is 14.8. The van der Waals surface area contributed by atoms with Crippen LogP contribution in [0.15, 0.2) is 91.8 Å². The minimum atomic E-state index is -1.67. The van der Waals surface area contributed by atoms with Gasteiger partial charge in [0.2, 0.25) is 23.1 Å². The van der Waals surface area contributed by atoms with E-state index in [0.29, 0.717) is 24.1 Å². The van der Waals surface area contributed by atoms with Crippen LogP contribution in [0, 0.1) is 23.7 Å². The average Bonchev–Trinajstić information content (AvgIpc) is 3.59. The van der Waals surface area contributed by atoms with Crippen molar-refractivity contribution in [2.24, 2.45) is 23.7 Å². The van der Waals surface area contributed by atoms with Crippen LogP contribution in [0.2, 0.25) is 19.6 Å². The molecule has 0 radical (unpaired) electrons. The molecule has 5 heterocycles. The minimum absolute atomic E-state index is 0.0778. The van der Waals surface area contributed by atoms with Crippen LogP contribution in [-0.2, 0) is 17.6 Å². The fourth-order valence-corrected chi connectivity index (χ4v) is 12.0. The number of ether oxygens (including phenoxy) is 1. The standard InChI is InChI=1S/C44H55N3OSi/c1-27(2)21-35-24-40-37-12-10-9-11-36(37)38-18-17-34-25-45-30(5)48-29(4)43(34)41-23-31(22-39-32-13-14-33(39)16-15-32)19-20-46(41)28(3)44(38)47(40)26-42(35)49(6,7)8/h9-12,19-20,23-24,26-27,32-33,38-39,44-45H,3-5,13-18,21-22,25H2,1-2,6-8H3/q+2. The van der Waals surface area contributed by atoms with Crippen molar-refractivity contribution >= 4 is 24.5 Å². The number of allylic oxidation sites excluding steroid dienone is 2. The fourth-order valence-electron chi connectivity index (χ4n) is 10.3. The van der Waals surface area contributed by atoms with Gasteiger partial charge in [-0.2, -0.15) is 9.13 Å². The smallest absolute Gasteiger partial charge is 0.249 e. The van der Waals surface area contributed by atoms with Crippen LogP contribution in [0.3, 0.4) is 0 Å². The molecule has 49 heavy (non-hydrogen) atoms. The summed E-state index contributed by atoms with van der Waals surface area (Å²) in [6, 6.07) is 16.6. The monoisotopic (exact) mass is 669 g/mol. The lowest BCUT2D eigenvalue weighted by molar-refractivity contribution is -0.728. The highest BCUT2D eigenvalue weighted by atomic mass is 28.3. The SMILES string of the molecule is C=C1NCC2=C(C(=C)O1)c1cc(CC3C4CCC3CC4)cc[n+]1C(=C)C1C(CC2)c2ccccc2-c2cc(CC(C)C)c([Si](C)(C)C)c[n+]21. The first-order valence-electron chi connectivity index (χ1n) is 18.9. The van der Waals surface area contributed by atoms with E-state index in [1.165, 1.54) is 59.2 Å². The second-order valence-corrected chi connectivity index (χ2v) is 22.2. The Morgan fingerprint density at radius 3 is 2.39 bits per heavy atom. The van der Waals surface area contributed by atoms with Gasteiger partial charge in [-0.3, -0.25) is 0 Å². The first-order valence-corrected chi connectivity index (χ1v) is 22.4. The van der Waals surface area contributed by atoms with E-state index in [1.54, 1.807) is 5.19 Å². The molecule has 2 fully saturated rings. The number of nitrogens with one attached hydrogen (secondary N) is 1. The largest absolute Gasteiger partial charge is 0.442 e. The summed E-state index contributed by atoms with van der Waals surface area (Å²) in [5.41, 5.74) is 11.8. The lowest BCUT2D eigenvalue weighted by Gasteiger charge is -2.31. The molecule has 4 nitrogen and oxygen atoms in total. The van der Waals surface area contributed by atoms with Crippen molar-refractivity contribution in [3.8, 4) is 11.3 Å². The Morgan fingerprint density at radius 1 is 0.939 bits per heavy atom. The number of aromatic nitrogens is 2. The zero-order valence-electron chi connectivity index (χ0n) is 30.4. The predicted molar refractivity (Wildman–Crippen MR) is 204 cm³/mol. The van der Waals surface area contributed by atoms with E-state index in [0.717, 1.165) is 60.4 Å². The van der Waals surface area contributed by atoms with Gasteiger partial charge in [0.1, 0.15) is 5.76 Å². The molecule has 3 aromatic rings. The number of fused-ring (bicyclic) bond motifs is 10. The Balaban J connectivity index is 1.33. The van der Waals surface area contributed by atoms with Gasteiger partial charge in [-0.25, -0.2) is 0 Å². The molecule has 2 aliphatic carbocycles. The maximum atomic E-state index is 6.25. The van der Waals surface area contributed by atoms with Gasteiger partial charge in [-0.05, 0) is 117 Å². The van der Waals surface area contributed by atoms with Crippen LogP contribution in [0.25, 0.3) is 22.5 Å². The molecule has 2 aromatic heterocycles. The van der Waals surface area contributed by atoms with E-state index in [2.05, 4.69) is 116 Å². The van der Waals surface area contributed by atoms with Crippen LogP contribution in [0.1, 0.15) is 86.7 Å². The normalized spacial score (nSPS) is 26.0. The summed E-state index contributed by atoms with van der Waals surface area (Å²) < 4.78 is 11.3. The van der Waals surface area contributed by atoms with Crippen molar-refractivity contribution in [2.45, 2.75) is 96.8 Å². The first-order chi connectivity index (χ1) is 23.5. The average molecular weight is 670 g/mol. The van der Waals surface area contributed by atoms with Gasteiger partial charge >= 0.3 is 0 Å². The van der Waals surface area contributed by atoms with Crippen molar-refractivity contribution in [1.82, 2.24) is 5.32 Å². The summed E-state index contributed by atoms with van der Waals surface area (Å²) in [6.45, 7) is 26.6. The van der Waals surface area contributed by atoms with Crippen LogP contribution < -0.4 is 19.6 Å². The number of hydrogen-bond acceptors (Lipinski definition) is 2. The number of pyridine rings is 2. The fraction of sp³-hybridized carbons (Fsp3) is 0.455. The molecule has 0 spiro atoms. The molecule has 5 heteroatoms. The van der Waals surface area contributed by atoms with E-state index in [9.17, 15) is 0 Å². The molecule has 1 N–H and O–H groups in total. The molecule has 0 amide bonds. The molecule has 2 atom stereocenters. The van der Waals surface area contributed by atoms with E-state index in [1.807, 2.05) is 0 Å². The lowest BCUT2D eigenvalue weighted by atomic mass is 9.78. The van der Waals surface area contributed by atoms with Crippen LogP contribution in [0.4, 0.5) is 0 Å². The van der Waals surface area contributed by atoms with Gasteiger partial charge < -0.3 is 10.1 Å². The van der Waals surface area contributed by atoms with Crippen molar-refractivity contribution in [2.75, 3.05) is 6.54 Å². The molecule has 254 valence electrons. The van der Waals surface area contributed by atoms with E-state index >= 15 is 0 Å². The van der Waals surface area contributed by atoms with E-state index in [-0.39, 0.29) is 12.0 Å². The van der Waals surface area contributed by atoms with E-state index in [4.69, 9.17) is 11.3 Å². The Bertz CT molecular complexity index is 1890. The number of nitrogens with zero attached hydrogens (tertiary/aromatic N) is 2. The predicted octanol–water partition coefficient (Wildman–Crippen LogP) is 8.61. The van der Waals surface area contributed by atoms with Gasteiger partial charge in [0.15, 0.2) is 18.3 Å². The molecule has 8 rings (SSSR count). The third kappa shape index (κ3) is 5.66. The van der Waals surface area contributed by atoms with Crippen LogP contribution in [0.5, 0.6) is 0 Å². The minimum Gasteiger partial charge on any atom is -0.442 e. The molecule has 1 aromatic carbocycles. The highest BCUT2D eigenvalue weighted by Crippen LogP contribution is 2.51. The number of hydrogen-bond donors (Lipinski definition) is 1. The molecule has 2 unspecified atom stereocenters.